The van der Waals surface area contributed by atoms with Gasteiger partial charge in [0.25, 0.3) is 0 Å². The largest absolute Gasteiger partial charge is 0.346 e. The van der Waals surface area contributed by atoms with Gasteiger partial charge >= 0.3 is 0 Å². The Kier molecular flexibility index (Phi) is 13.0. The summed E-state index contributed by atoms with van der Waals surface area (Å²) in [5.74, 6) is 0.897. The smallest absolute Gasteiger partial charge is 0.0781 e. The molecule has 16 heavy (non-hydrogen) atoms. The first-order valence-electron chi connectivity index (χ1n) is 7.62. The molecule has 0 aliphatic carbocycles. The van der Waals surface area contributed by atoms with Gasteiger partial charge in [-0.2, -0.15) is 0 Å². The van der Waals surface area contributed by atoms with Gasteiger partial charge in [-0.3, -0.25) is 0 Å². The monoisotopic (exact) mass is 228 g/mol. The fourth-order valence-electron chi connectivity index (χ4n) is 1.99. The lowest BCUT2D eigenvalue weighted by molar-refractivity contribution is -0.660. The second-order valence-electron chi connectivity index (χ2n) is 5.30. The third-order valence-corrected chi connectivity index (χ3v) is 3.53. The number of hydrogen-bond donors (Lipinski definition) is 1. The summed E-state index contributed by atoms with van der Waals surface area (Å²) in [6.45, 7) is 9.60. The molecular formula is C15H34N+. The van der Waals surface area contributed by atoms with Crippen molar-refractivity contribution in [1.29, 1.82) is 0 Å². The summed E-state index contributed by atoms with van der Waals surface area (Å²) in [6, 6.07) is 0. The van der Waals surface area contributed by atoms with Gasteiger partial charge in [-0.1, -0.05) is 59.3 Å². The average molecular weight is 228 g/mol. The van der Waals surface area contributed by atoms with E-state index in [1.807, 2.05) is 0 Å². The average Bonchev–Trinajstić information content (AvgIpc) is 2.31. The van der Waals surface area contributed by atoms with Crippen molar-refractivity contribution in [3.8, 4) is 0 Å². The predicted molar refractivity (Wildman–Crippen MR) is 73.7 cm³/mol. The minimum Gasteiger partial charge on any atom is -0.346 e. The van der Waals surface area contributed by atoms with Crippen molar-refractivity contribution < 1.29 is 5.32 Å². The Labute approximate surface area is 103 Å². The zero-order valence-corrected chi connectivity index (χ0v) is 11.9. The van der Waals surface area contributed by atoms with E-state index in [0.717, 1.165) is 5.92 Å². The normalized spacial score (nSPS) is 12.9. The van der Waals surface area contributed by atoms with Gasteiger partial charge in [0.15, 0.2) is 0 Å². The van der Waals surface area contributed by atoms with Gasteiger partial charge in [0.1, 0.15) is 0 Å². The fraction of sp³-hybridized carbons (Fsp3) is 1.00. The molecule has 0 saturated heterocycles. The number of rotatable bonds is 12. The van der Waals surface area contributed by atoms with Crippen LogP contribution in [0.25, 0.3) is 0 Å². The van der Waals surface area contributed by atoms with Crippen LogP contribution in [-0.2, 0) is 0 Å². The van der Waals surface area contributed by atoms with E-state index < -0.39 is 0 Å². The predicted octanol–water partition coefficient (Wildman–Crippen LogP) is 3.74. The minimum atomic E-state index is 0.897. The summed E-state index contributed by atoms with van der Waals surface area (Å²) in [5, 5.41) is 2.51. The molecule has 0 fully saturated rings. The zero-order chi connectivity index (χ0) is 12.1. The second-order valence-corrected chi connectivity index (χ2v) is 5.30. The molecule has 0 bridgehead atoms. The molecule has 0 heterocycles. The maximum Gasteiger partial charge on any atom is 0.0781 e. The van der Waals surface area contributed by atoms with Crippen LogP contribution in [-0.4, -0.2) is 13.1 Å². The molecule has 2 N–H and O–H groups in total. The molecule has 0 aromatic heterocycles. The van der Waals surface area contributed by atoms with Crippen molar-refractivity contribution >= 4 is 0 Å². The molecule has 1 nitrogen and oxygen atoms in total. The van der Waals surface area contributed by atoms with Gasteiger partial charge in [0.2, 0.25) is 0 Å². The molecule has 0 aromatic carbocycles. The van der Waals surface area contributed by atoms with E-state index in [9.17, 15) is 0 Å². The van der Waals surface area contributed by atoms with Crippen LogP contribution in [0, 0.1) is 5.92 Å². The molecule has 0 rings (SSSR count). The van der Waals surface area contributed by atoms with Crippen LogP contribution in [0.2, 0.25) is 0 Å². The van der Waals surface area contributed by atoms with E-state index in [4.69, 9.17) is 0 Å². The second kappa shape index (κ2) is 13.0. The van der Waals surface area contributed by atoms with Crippen LogP contribution in [0.4, 0.5) is 0 Å². The van der Waals surface area contributed by atoms with Crippen LogP contribution in [0.5, 0.6) is 0 Å². The molecule has 1 unspecified atom stereocenters. The Bertz CT molecular complexity index is 123. The summed E-state index contributed by atoms with van der Waals surface area (Å²) in [5.41, 5.74) is 0. The van der Waals surface area contributed by atoms with Gasteiger partial charge in [0.05, 0.1) is 13.1 Å². The number of unbranched alkanes of at least 4 members (excludes halogenated alkanes) is 7. The lowest BCUT2D eigenvalue weighted by atomic mass is 10.1. The molecule has 0 spiro atoms. The topological polar surface area (TPSA) is 16.6 Å². The fourth-order valence-corrected chi connectivity index (χ4v) is 1.99. The maximum atomic E-state index is 2.51. The molecule has 1 heteroatoms. The van der Waals surface area contributed by atoms with Crippen molar-refractivity contribution in [2.24, 2.45) is 5.92 Å². The molecular weight excluding hydrogens is 194 g/mol. The molecule has 98 valence electrons. The highest BCUT2D eigenvalue weighted by Crippen LogP contribution is 2.07. The molecule has 0 aromatic rings. The van der Waals surface area contributed by atoms with E-state index >= 15 is 0 Å². The third kappa shape index (κ3) is 12.0. The van der Waals surface area contributed by atoms with E-state index in [1.165, 1.54) is 70.9 Å². The van der Waals surface area contributed by atoms with Crippen molar-refractivity contribution in [2.45, 2.75) is 78.6 Å². The first kappa shape index (κ1) is 16.0. The van der Waals surface area contributed by atoms with Gasteiger partial charge in [-0.05, 0) is 19.3 Å². The Morgan fingerprint density at radius 1 is 0.812 bits per heavy atom. The quantitative estimate of drug-likeness (QED) is 0.490. The van der Waals surface area contributed by atoms with Crippen LogP contribution >= 0.6 is 0 Å². The number of hydrogen-bond acceptors (Lipinski definition) is 0. The summed E-state index contributed by atoms with van der Waals surface area (Å²) < 4.78 is 0. The zero-order valence-electron chi connectivity index (χ0n) is 11.9. The minimum absolute atomic E-state index is 0.897. The number of nitrogens with two attached hydrogens (primary N) is 1. The Morgan fingerprint density at radius 2 is 1.38 bits per heavy atom. The standard InChI is InChI=1S/C15H33N/c1-4-6-7-8-9-10-11-12-13-16-14-15(3)5-2/h15-16H,4-14H2,1-3H3/p+1. The SMILES string of the molecule is CCCCCCCCCC[NH2+]CC(C)CC. The Balaban J connectivity index is 2.93. The lowest BCUT2D eigenvalue weighted by Crippen LogP contribution is -2.85. The van der Waals surface area contributed by atoms with Crippen LogP contribution in [0.3, 0.4) is 0 Å². The number of quaternary nitrogens is 1. The lowest BCUT2D eigenvalue weighted by Gasteiger charge is -2.06. The summed E-state index contributed by atoms with van der Waals surface area (Å²) >= 11 is 0. The van der Waals surface area contributed by atoms with Gasteiger partial charge in [-0.15, -0.1) is 0 Å². The third-order valence-electron chi connectivity index (χ3n) is 3.53. The first-order chi connectivity index (χ1) is 7.81. The van der Waals surface area contributed by atoms with Crippen molar-refractivity contribution in [1.82, 2.24) is 0 Å². The van der Waals surface area contributed by atoms with Crippen LogP contribution in [0.1, 0.15) is 78.6 Å². The molecule has 1 atom stereocenters. The van der Waals surface area contributed by atoms with Crippen molar-refractivity contribution in [3.05, 3.63) is 0 Å². The highest BCUT2D eigenvalue weighted by molar-refractivity contribution is 4.46. The Hall–Kier alpha value is -0.0400. The summed E-state index contributed by atoms with van der Waals surface area (Å²) in [4.78, 5) is 0. The van der Waals surface area contributed by atoms with Gasteiger partial charge in [0, 0.05) is 5.92 Å². The first-order valence-corrected chi connectivity index (χ1v) is 7.62. The van der Waals surface area contributed by atoms with E-state index in [1.54, 1.807) is 0 Å². The van der Waals surface area contributed by atoms with E-state index in [2.05, 4.69) is 26.1 Å². The van der Waals surface area contributed by atoms with Gasteiger partial charge in [-0.25, -0.2) is 0 Å². The van der Waals surface area contributed by atoms with Crippen molar-refractivity contribution in [2.75, 3.05) is 13.1 Å². The maximum absolute atomic E-state index is 2.51. The molecule has 0 radical (unpaired) electrons. The van der Waals surface area contributed by atoms with E-state index in [0.29, 0.717) is 0 Å². The molecule has 0 amide bonds. The molecule has 0 aliphatic rings. The van der Waals surface area contributed by atoms with Crippen molar-refractivity contribution in [3.63, 3.8) is 0 Å². The molecule has 0 saturated carbocycles. The Morgan fingerprint density at radius 3 is 1.94 bits per heavy atom. The van der Waals surface area contributed by atoms with Crippen LogP contribution < -0.4 is 5.32 Å². The summed E-state index contributed by atoms with van der Waals surface area (Å²) in [7, 11) is 0. The summed E-state index contributed by atoms with van der Waals surface area (Å²) in [6.07, 6.45) is 12.8. The van der Waals surface area contributed by atoms with Gasteiger partial charge < -0.3 is 5.32 Å². The van der Waals surface area contributed by atoms with Crippen LogP contribution in [0.15, 0.2) is 0 Å². The highest BCUT2D eigenvalue weighted by atomic mass is 14.8. The van der Waals surface area contributed by atoms with E-state index in [-0.39, 0.29) is 0 Å². The molecule has 0 aliphatic heterocycles. The highest BCUT2D eigenvalue weighted by Gasteiger charge is 1.99.